The summed E-state index contributed by atoms with van der Waals surface area (Å²) in [5.74, 6) is 1.01. The van der Waals surface area contributed by atoms with Gasteiger partial charge in [-0.05, 0) is 37.6 Å². The first-order valence-electron chi connectivity index (χ1n) is 9.69. The molecule has 154 valence electrons. The summed E-state index contributed by atoms with van der Waals surface area (Å²) in [6.07, 6.45) is -0.147. The van der Waals surface area contributed by atoms with Gasteiger partial charge in [0.1, 0.15) is 6.61 Å². The number of benzene rings is 2. The topological polar surface area (TPSA) is 76.2 Å². The van der Waals surface area contributed by atoms with Crippen LogP contribution in [0.25, 0.3) is 0 Å². The van der Waals surface area contributed by atoms with Gasteiger partial charge in [0.25, 0.3) is 5.91 Å². The van der Waals surface area contributed by atoms with Crippen molar-refractivity contribution in [1.29, 1.82) is 0 Å². The number of hydrogen-bond donors (Lipinski definition) is 0. The summed E-state index contributed by atoms with van der Waals surface area (Å²) in [4.78, 5) is 14.9. The predicted molar refractivity (Wildman–Crippen MR) is 107 cm³/mol. The third-order valence-electron chi connectivity index (χ3n) is 5.21. The molecule has 8 heteroatoms. The Hall–Kier alpha value is -2.58. The van der Waals surface area contributed by atoms with Crippen LogP contribution in [-0.4, -0.2) is 62.4 Å². The molecule has 2 aromatic rings. The maximum atomic E-state index is 12.9. The molecule has 2 heterocycles. The molecule has 0 aliphatic carbocycles. The average Bonchev–Trinajstić information content (AvgIpc) is 3.00. The number of ether oxygens (including phenoxy) is 2. The van der Waals surface area contributed by atoms with Crippen LogP contribution in [0.5, 0.6) is 11.5 Å². The molecule has 2 aromatic carbocycles. The molecule has 1 fully saturated rings. The van der Waals surface area contributed by atoms with Crippen LogP contribution in [-0.2, 0) is 14.8 Å². The second-order valence-corrected chi connectivity index (χ2v) is 9.20. The highest BCUT2D eigenvalue weighted by Crippen LogP contribution is 2.31. The van der Waals surface area contributed by atoms with E-state index in [0.29, 0.717) is 37.6 Å². The zero-order valence-electron chi connectivity index (χ0n) is 16.3. The summed E-state index contributed by atoms with van der Waals surface area (Å²) in [7, 11) is -3.58. The summed E-state index contributed by atoms with van der Waals surface area (Å²) in [6, 6.07) is 14.1. The number of nitrogens with zero attached hydrogens (tertiary/aromatic N) is 2. The lowest BCUT2D eigenvalue weighted by molar-refractivity contribution is -0.141. The molecule has 0 bridgehead atoms. The molecule has 0 radical (unpaired) electrons. The molecule has 7 nitrogen and oxygen atoms in total. The van der Waals surface area contributed by atoms with E-state index in [2.05, 4.69) is 0 Å². The van der Waals surface area contributed by atoms with E-state index >= 15 is 0 Å². The van der Waals surface area contributed by atoms with Gasteiger partial charge in [-0.2, -0.15) is 4.31 Å². The fourth-order valence-electron chi connectivity index (χ4n) is 3.56. The lowest BCUT2D eigenvalue weighted by atomic mass is 10.2. The van der Waals surface area contributed by atoms with Crippen molar-refractivity contribution in [3.05, 3.63) is 54.1 Å². The van der Waals surface area contributed by atoms with Gasteiger partial charge in [0.2, 0.25) is 16.1 Å². The van der Waals surface area contributed by atoms with Crippen molar-refractivity contribution in [3.8, 4) is 11.5 Å². The second-order valence-electron chi connectivity index (χ2n) is 7.26. The number of carbonyl (C=O) groups excluding carboxylic acids is 1. The Morgan fingerprint density at radius 2 is 1.69 bits per heavy atom. The summed E-state index contributed by atoms with van der Waals surface area (Å²) >= 11 is 0. The van der Waals surface area contributed by atoms with Crippen molar-refractivity contribution in [2.45, 2.75) is 24.3 Å². The molecular weight excluding hydrogens is 392 g/mol. The third kappa shape index (κ3) is 4.09. The van der Waals surface area contributed by atoms with Crippen molar-refractivity contribution < 1.29 is 22.7 Å². The van der Waals surface area contributed by atoms with Crippen molar-refractivity contribution in [3.63, 3.8) is 0 Å². The maximum absolute atomic E-state index is 12.9. The van der Waals surface area contributed by atoms with E-state index in [1.807, 2.05) is 19.1 Å². The lowest BCUT2D eigenvalue weighted by Crippen LogP contribution is -2.47. The molecule has 2 aliphatic rings. The minimum Gasteiger partial charge on any atom is -0.485 e. The number of aryl methyl sites for hydroxylation is 1. The predicted octanol–water partition coefficient (Wildman–Crippen LogP) is 2.06. The average molecular weight is 416 g/mol. The minimum absolute atomic E-state index is 0.151. The van der Waals surface area contributed by atoms with Gasteiger partial charge >= 0.3 is 0 Å². The van der Waals surface area contributed by atoms with Gasteiger partial charge in [0.05, 0.1) is 4.90 Å². The molecule has 1 saturated heterocycles. The minimum atomic E-state index is -3.58. The Bertz CT molecular complexity index is 990. The van der Waals surface area contributed by atoms with Crippen LogP contribution in [0.1, 0.15) is 12.0 Å². The maximum Gasteiger partial charge on any atom is 0.267 e. The van der Waals surface area contributed by atoms with Crippen molar-refractivity contribution in [2.24, 2.45) is 0 Å². The Labute approximate surface area is 170 Å². The van der Waals surface area contributed by atoms with Crippen molar-refractivity contribution in [2.75, 3.05) is 32.8 Å². The van der Waals surface area contributed by atoms with E-state index in [1.54, 1.807) is 41.3 Å². The summed E-state index contributed by atoms with van der Waals surface area (Å²) in [5, 5.41) is 0. The van der Waals surface area contributed by atoms with Crippen LogP contribution in [0.4, 0.5) is 0 Å². The van der Waals surface area contributed by atoms with Crippen LogP contribution in [0.2, 0.25) is 0 Å². The Kier molecular flexibility index (Phi) is 5.47. The van der Waals surface area contributed by atoms with Crippen LogP contribution in [0.3, 0.4) is 0 Å². The first-order chi connectivity index (χ1) is 13.9. The first kappa shape index (κ1) is 19.7. The highest BCUT2D eigenvalue weighted by Gasteiger charge is 2.34. The van der Waals surface area contributed by atoms with Crippen LogP contribution >= 0.6 is 0 Å². The normalized spacial score (nSPS) is 20.2. The number of hydrogen-bond acceptors (Lipinski definition) is 5. The van der Waals surface area contributed by atoms with Gasteiger partial charge in [-0.15, -0.1) is 0 Å². The number of para-hydroxylation sites is 2. The van der Waals surface area contributed by atoms with E-state index in [-0.39, 0.29) is 24.0 Å². The lowest BCUT2D eigenvalue weighted by Gasteiger charge is -2.30. The van der Waals surface area contributed by atoms with Crippen molar-refractivity contribution >= 4 is 15.9 Å². The smallest absolute Gasteiger partial charge is 0.267 e. The Morgan fingerprint density at radius 1 is 0.966 bits per heavy atom. The third-order valence-corrected chi connectivity index (χ3v) is 7.12. The van der Waals surface area contributed by atoms with Crippen molar-refractivity contribution in [1.82, 2.24) is 9.21 Å². The standard InChI is InChI=1S/C21H24N2O5S/c1-16-7-9-17(10-8-16)29(25,26)23-12-4-11-22(13-14-23)21(24)20-15-27-18-5-2-3-6-19(18)28-20/h2-3,5-10,20H,4,11-15H2,1H3. The highest BCUT2D eigenvalue weighted by atomic mass is 32.2. The van der Waals surface area contributed by atoms with Gasteiger partial charge < -0.3 is 14.4 Å². The summed E-state index contributed by atoms with van der Waals surface area (Å²) < 4.78 is 38.8. The molecule has 0 aromatic heterocycles. The fourth-order valence-corrected chi connectivity index (χ4v) is 5.03. The van der Waals surface area contributed by atoms with E-state index in [4.69, 9.17) is 9.47 Å². The quantitative estimate of drug-likeness (QED) is 0.766. The Morgan fingerprint density at radius 3 is 2.45 bits per heavy atom. The van der Waals surface area contributed by atoms with Gasteiger partial charge in [-0.25, -0.2) is 8.42 Å². The first-order valence-corrected chi connectivity index (χ1v) is 11.1. The zero-order valence-corrected chi connectivity index (χ0v) is 17.1. The molecular formula is C21H24N2O5S. The van der Waals surface area contributed by atoms with E-state index in [1.165, 1.54) is 4.31 Å². The summed E-state index contributed by atoms with van der Waals surface area (Å²) in [6.45, 7) is 3.52. The van der Waals surface area contributed by atoms with E-state index in [9.17, 15) is 13.2 Å². The van der Waals surface area contributed by atoms with E-state index in [0.717, 1.165) is 5.56 Å². The number of amides is 1. The SMILES string of the molecule is Cc1ccc(S(=O)(=O)N2CCCN(C(=O)C3COc4ccccc4O3)CC2)cc1. The molecule has 4 rings (SSSR count). The molecule has 0 saturated carbocycles. The number of carbonyl (C=O) groups is 1. The van der Waals surface area contributed by atoms with Gasteiger partial charge in [-0.3, -0.25) is 4.79 Å². The van der Waals surface area contributed by atoms with Crippen LogP contribution in [0, 0.1) is 6.92 Å². The molecule has 0 spiro atoms. The molecule has 1 unspecified atom stereocenters. The highest BCUT2D eigenvalue weighted by molar-refractivity contribution is 7.89. The van der Waals surface area contributed by atoms with Gasteiger partial charge in [-0.1, -0.05) is 29.8 Å². The largest absolute Gasteiger partial charge is 0.485 e. The molecule has 29 heavy (non-hydrogen) atoms. The van der Waals surface area contributed by atoms with Gasteiger partial charge in [0.15, 0.2) is 11.5 Å². The van der Waals surface area contributed by atoms with Crippen LogP contribution in [0.15, 0.2) is 53.4 Å². The second kappa shape index (κ2) is 8.04. The molecule has 1 atom stereocenters. The molecule has 1 amide bonds. The molecule has 0 N–H and O–H groups in total. The zero-order chi connectivity index (χ0) is 20.4. The number of sulfonamides is 1. The molecule has 2 aliphatic heterocycles. The van der Waals surface area contributed by atoms with E-state index < -0.39 is 16.1 Å². The number of fused-ring (bicyclic) bond motifs is 1. The monoisotopic (exact) mass is 416 g/mol. The Balaban J connectivity index is 1.42. The van der Waals surface area contributed by atoms with Crippen LogP contribution < -0.4 is 9.47 Å². The number of rotatable bonds is 3. The fraction of sp³-hybridized carbons (Fsp3) is 0.381. The summed E-state index contributed by atoms with van der Waals surface area (Å²) in [5.41, 5.74) is 1.01. The van der Waals surface area contributed by atoms with Gasteiger partial charge in [0, 0.05) is 26.2 Å².